The lowest BCUT2D eigenvalue weighted by Crippen LogP contribution is -2.46. The molecule has 0 heterocycles. The highest BCUT2D eigenvalue weighted by Crippen LogP contribution is 2.51. The van der Waals surface area contributed by atoms with Crippen LogP contribution < -0.4 is 0 Å². The van der Waals surface area contributed by atoms with E-state index in [1.165, 1.54) is 38.5 Å². The Morgan fingerprint density at radius 2 is 0.549 bits per heavy atom. The zero-order valence-electron chi connectivity index (χ0n) is 56.1. The van der Waals surface area contributed by atoms with Crippen molar-refractivity contribution >= 4 is 17.9 Å². The molecule has 0 bridgehead atoms. The lowest BCUT2D eigenvalue weighted by Gasteiger charge is -2.48. The molecule has 0 radical (unpaired) electrons. The minimum Gasteiger partial charge on any atom is -0.461 e. The lowest BCUT2D eigenvalue weighted by atomic mass is 9.71. The van der Waals surface area contributed by atoms with E-state index in [1.54, 1.807) is 0 Å². The number of nitriles is 6. The van der Waals surface area contributed by atoms with E-state index in [1.807, 2.05) is 0 Å². The number of nitrogens with zero attached hydrogens (tertiary/aromatic N) is 9. The van der Waals surface area contributed by atoms with Crippen LogP contribution in [0.5, 0.6) is 0 Å². The average Bonchev–Trinajstić information content (AvgIpc) is 0.790. The second kappa shape index (κ2) is 31.2. The lowest BCUT2D eigenvalue weighted by molar-refractivity contribution is -0.148. The Kier molecular flexibility index (Phi) is 23.5. The maximum atomic E-state index is 14.8. The van der Waals surface area contributed by atoms with E-state index in [9.17, 15) is 46.0 Å². The fraction of sp³-hybridized carbons (Fsp3) is 0.724. The van der Waals surface area contributed by atoms with Gasteiger partial charge in [-0.25, -0.2) is 14.4 Å². The highest BCUT2D eigenvalue weighted by atomic mass is 16.6. The van der Waals surface area contributed by atoms with Crippen LogP contribution in [-0.2, 0) is 28.6 Å². The maximum Gasteiger partial charge on any atom is 0.349 e. The maximum absolute atomic E-state index is 14.8. The molecule has 91 heavy (non-hydrogen) atoms. The van der Waals surface area contributed by atoms with Gasteiger partial charge in [-0.2, -0.15) is 31.6 Å². The van der Waals surface area contributed by atoms with Crippen LogP contribution in [0.25, 0.3) is 0 Å². The highest BCUT2D eigenvalue weighted by molar-refractivity contribution is 5.96. The summed E-state index contributed by atoms with van der Waals surface area (Å²) in [6, 6.07) is 15.4. The van der Waals surface area contributed by atoms with Crippen molar-refractivity contribution < 1.29 is 28.6 Å². The third-order valence-electron chi connectivity index (χ3n) is 22.0. The molecule has 0 aromatic heterocycles. The number of carbonyl (C=O) groups is 3. The normalized spacial score (nSPS) is 24.9. The van der Waals surface area contributed by atoms with E-state index in [0.29, 0.717) is 52.7 Å². The van der Waals surface area contributed by atoms with Gasteiger partial charge in [0.2, 0.25) is 0 Å². The van der Waals surface area contributed by atoms with E-state index >= 15 is 0 Å². The molecule has 15 heteroatoms. The Balaban J connectivity index is 1.06. The molecule has 0 aliphatic heterocycles. The molecule has 0 atom stereocenters. The molecule has 9 rings (SSSR count). The standard InChI is InChI=1S/C76H103N9O6/c1-74(2)37-59(62(43-77)68(40-74)83(53-25-13-7-14-26-53)54-27-15-8-16-28-54)65(46-80)71(86)89-49-52(50-90-72(87)66(47-81)60-38-75(3,4)41-69(63(60)44-78)84(55-29-17-9-18-30-55)56-31-19-10-20-32-56)51-91-73(88)67(48-82)61-39-76(5,6)42-70(64(61)45-79)85(57-33-21-11-22-34-57)58-35-23-12-24-36-58/h52-58H,7-42,49-51H2,1-6H3/b65-59+,66-60+,67-61+. The third-order valence-corrected chi connectivity index (χ3v) is 22.0. The zero-order valence-corrected chi connectivity index (χ0v) is 56.1. The summed E-state index contributed by atoms with van der Waals surface area (Å²) in [5.74, 6) is -4.03. The Morgan fingerprint density at radius 1 is 0.352 bits per heavy atom. The molecule has 0 aromatic rings. The molecule has 0 saturated heterocycles. The SMILES string of the molecule is CC1(C)CC(N(C2CCCCC2)C2CCCCC2)=C(C#N)/C(=C(\C#N)C(=O)OCC(COC(=O)/C(C#N)=C2\CC(C)(C)CC(N(C3CCCCC3)C3CCCCC3)=C2C#N)COC(=O)/C(C#N)=C2\CC(C)(C)CC(N(C3CCCCC3)C3CCCCC3)=C2C#N)C1. The molecule has 0 amide bonds. The molecule has 15 nitrogen and oxygen atoms in total. The van der Waals surface area contributed by atoms with Gasteiger partial charge in [-0.3, -0.25) is 0 Å². The smallest absolute Gasteiger partial charge is 0.349 e. The first kappa shape index (κ1) is 68.6. The number of rotatable bonds is 18. The quantitative estimate of drug-likeness (QED) is 0.0537. The van der Waals surface area contributed by atoms with Gasteiger partial charge in [0, 0.05) is 53.3 Å². The topological polar surface area (TPSA) is 231 Å². The first-order valence-electron chi connectivity index (χ1n) is 35.5. The summed E-state index contributed by atoms with van der Waals surface area (Å²) in [6.45, 7) is 11.1. The number of hydrogen-bond donors (Lipinski definition) is 0. The molecular weight excluding hydrogens is 1130 g/mol. The van der Waals surface area contributed by atoms with Gasteiger partial charge in [-0.1, -0.05) is 157 Å². The fourth-order valence-electron chi connectivity index (χ4n) is 17.8. The molecule has 6 saturated carbocycles. The summed E-state index contributed by atoms with van der Waals surface area (Å²) in [5, 5.41) is 66.6. The summed E-state index contributed by atoms with van der Waals surface area (Å²) in [4.78, 5) is 51.9. The number of carbonyl (C=O) groups excluding carboxylic acids is 3. The largest absolute Gasteiger partial charge is 0.461 e. The minimum absolute atomic E-state index is 0.252. The van der Waals surface area contributed by atoms with Crippen molar-refractivity contribution in [2.45, 2.75) is 309 Å². The van der Waals surface area contributed by atoms with Gasteiger partial charge in [0.05, 0.1) is 22.6 Å². The van der Waals surface area contributed by atoms with Crippen LogP contribution in [0, 0.1) is 90.1 Å². The van der Waals surface area contributed by atoms with Crippen LogP contribution in [0.1, 0.15) is 273 Å². The summed E-state index contributed by atoms with van der Waals surface area (Å²) < 4.78 is 18.3. The molecule has 9 aliphatic carbocycles. The first-order chi connectivity index (χ1) is 43.8. The summed E-state index contributed by atoms with van der Waals surface area (Å²) in [7, 11) is 0. The van der Waals surface area contributed by atoms with Crippen LogP contribution in [0.15, 0.2) is 67.2 Å². The summed E-state index contributed by atoms with van der Waals surface area (Å²) in [6.07, 6.45) is 35.2. The van der Waals surface area contributed by atoms with Crippen molar-refractivity contribution in [2.24, 2.45) is 22.2 Å². The number of ether oxygens (including phenoxy) is 3. The average molecular weight is 1240 g/mol. The van der Waals surface area contributed by atoms with Crippen molar-refractivity contribution in [3.63, 3.8) is 0 Å². The highest BCUT2D eigenvalue weighted by Gasteiger charge is 2.45. The predicted molar refractivity (Wildman–Crippen MR) is 348 cm³/mol. The number of allylic oxidation sites excluding steroid dienone is 9. The van der Waals surface area contributed by atoms with E-state index in [2.05, 4.69) is 92.7 Å². The van der Waals surface area contributed by atoms with Crippen LogP contribution >= 0.6 is 0 Å². The summed E-state index contributed by atoms with van der Waals surface area (Å²) >= 11 is 0. The van der Waals surface area contributed by atoms with Gasteiger partial charge < -0.3 is 28.9 Å². The minimum atomic E-state index is -1.09. The summed E-state index contributed by atoms with van der Waals surface area (Å²) in [5.41, 5.74) is 2.60. The molecule has 9 aliphatic rings. The van der Waals surface area contributed by atoms with Crippen LogP contribution in [0.3, 0.4) is 0 Å². The fourth-order valence-corrected chi connectivity index (χ4v) is 17.8. The van der Waals surface area contributed by atoms with E-state index in [4.69, 9.17) is 14.2 Å². The van der Waals surface area contributed by atoms with Crippen LogP contribution in [0.4, 0.5) is 0 Å². The van der Waals surface area contributed by atoms with Crippen molar-refractivity contribution in [2.75, 3.05) is 19.8 Å². The number of esters is 3. The van der Waals surface area contributed by atoms with Crippen molar-refractivity contribution in [3.05, 3.63) is 67.2 Å². The molecular formula is C76H103N9O6. The zero-order chi connectivity index (χ0) is 64.9. The Bertz CT molecular complexity index is 2760. The molecule has 0 aromatic carbocycles. The second-order valence-corrected chi connectivity index (χ2v) is 30.9. The molecule has 488 valence electrons. The first-order valence-corrected chi connectivity index (χ1v) is 35.5. The Morgan fingerprint density at radius 3 is 0.725 bits per heavy atom. The Labute approximate surface area is 544 Å². The van der Waals surface area contributed by atoms with Crippen LogP contribution in [0.2, 0.25) is 0 Å². The molecule has 0 N–H and O–H groups in total. The van der Waals surface area contributed by atoms with E-state index in [-0.39, 0.29) is 72.2 Å². The monoisotopic (exact) mass is 1240 g/mol. The van der Waals surface area contributed by atoms with Gasteiger partial charge in [0.25, 0.3) is 0 Å². The number of hydrogen-bond acceptors (Lipinski definition) is 15. The van der Waals surface area contributed by atoms with Crippen molar-refractivity contribution in [3.8, 4) is 36.4 Å². The van der Waals surface area contributed by atoms with E-state index < -0.39 is 59.9 Å². The van der Waals surface area contributed by atoms with Crippen LogP contribution in [-0.4, -0.2) is 88.7 Å². The second-order valence-electron chi connectivity index (χ2n) is 30.9. The van der Waals surface area contributed by atoms with Gasteiger partial charge in [0.1, 0.15) is 73.0 Å². The van der Waals surface area contributed by atoms with E-state index in [0.717, 1.165) is 171 Å². The van der Waals surface area contributed by atoms with Crippen molar-refractivity contribution in [1.82, 2.24) is 14.7 Å². The third kappa shape index (κ3) is 16.5. The molecule has 0 unspecified atom stereocenters. The van der Waals surface area contributed by atoms with Gasteiger partial charge in [0.15, 0.2) is 0 Å². The van der Waals surface area contributed by atoms with Gasteiger partial charge in [-0.15, -0.1) is 0 Å². The molecule has 6 fully saturated rings. The van der Waals surface area contributed by atoms with Gasteiger partial charge in [-0.05, 0) is 149 Å². The van der Waals surface area contributed by atoms with Gasteiger partial charge >= 0.3 is 17.9 Å². The van der Waals surface area contributed by atoms with Crippen molar-refractivity contribution in [1.29, 1.82) is 31.6 Å². The predicted octanol–water partition coefficient (Wildman–Crippen LogP) is 16.4. The molecule has 0 spiro atoms. The Hall–Kier alpha value is -6.81.